The number of hydrogen-bond donors (Lipinski definition) is 1. The van der Waals surface area contributed by atoms with Crippen LogP contribution in [-0.2, 0) is 0 Å². The molecule has 0 fully saturated rings. The topological polar surface area (TPSA) is 72.7 Å². The lowest BCUT2D eigenvalue weighted by Crippen LogP contribution is -2.14. The van der Waals surface area contributed by atoms with Gasteiger partial charge in [0.2, 0.25) is 0 Å². The van der Waals surface area contributed by atoms with Crippen molar-refractivity contribution < 1.29 is 4.79 Å². The minimum absolute atomic E-state index is 0.157. The Balaban J connectivity index is 1.89. The minimum Gasteiger partial charge on any atom is -0.322 e. The zero-order valence-electron chi connectivity index (χ0n) is 13.2. The van der Waals surface area contributed by atoms with Gasteiger partial charge in [-0.15, -0.1) is 5.10 Å². The lowest BCUT2D eigenvalue weighted by molar-refractivity contribution is 0.102. The Morgan fingerprint density at radius 2 is 1.83 bits per heavy atom. The number of tetrazole rings is 1. The van der Waals surface area contributed by atoms with Crippen LogP contribution in [0.25, 0.3) is 5.69 Å². The van der Waals surface area contributed by atoms with Gasteiger partial charge in [0, 0.05) is 11.3 Å². The third kappa shape index (κ3) is 3.11. The molecular formula is C17H17N5O. The molecule has 2 aromatic carbocycles. The Labute approximate surface area is 134 Å². The predicted octanol–water partition coefficient (Wildman–Crippen LogP) is 2.84. The van der Waals surface area contributed by atoms with Crippen molar-refractivity contribution in [3.63, 3.8) is 0 Å². The Hall–Kier alpha value is -3.02. The maximum Gasteiger partial charge on any atom is 0.255 e. The van der Waals surface area contributed by atoms with Gasteiger partial charge in [-0.3, -0.25) is 4.79 Å². The lowest BCUT2D eigenvalue weighted by Gasteiger charge is -2.13. The lowest BCUT2D eigenvalue weighted by atomic mass is 10.0. The Morgan fingerprint density at radius 1 is 1.09 bits per heavy atom. The fourth-order valence-electron chi connectivity index (χ4n) is 2.63. The summed E-state index contributed by atoms with van der Waals surface area (Å²) in [6.07, 6.45) is 1.49. The molecule has 1 amide bonds. The van der Waals surface area contributed by atoms with Gasteiger partial charge in [0.15, 0.2) is 0 Å². The van der Waals surface area contributed by atoms with E-state index in [-0.39, 0.29) is 5.91 Å². The summed E-state index contributed by atoms with van der Waals surface area (Å²) in [5.41, 5.74) is 5.42. The molecule has 0 aliphatic carbocycles. The normalized spacial score (nSPS) is 10.6. The Morgan fingerprint density at radius 3 is 2.48 bits per heavy atom. The molecule has 0 saturated carbocycles. The molecule has 1 N–H and O–H groups in total. The van der Waals surface area contributed by atoms with Gasteiger partial charge >= 0.3 is 0 Å². The predicted molar refractivity (Wildman–Crippen MR) is 87.8 cm³/mol. The van der Waals surface area contributed by atoms with Crippen LogP contribution in [0.2, 0.25) is 0 Å². The van der Waals surface area contributed by atoms with Crippen LogP contribution in [0, 0.1) is 20.8 Å². The highest BCUT2D eigenvalue weighted by atomic mass is 16.1. The monoisotopic (exact) mass is 307 g/mol. The highest BCUT2D eigenvalue weighted by molar-refractivity contribution is 6.05. The molecule has 0 aliphatic rings. The summed E-state index contributed by atoms with van der Waals surface area (Å²) >= 11 is 0. The van der Waals surface area contributed by atoms with Crippen LogP contribution in [0.3, 0.4) is 0 Å². The van der Waals surface area contributed by atoms with Gasteiger partial charge in [-0.2, -0.15) is 0 Å². The van der Waals surface area contributed by atoms with Gasteiger partial charge in [0.1, 0.15) is 6.33 Å². The van der Waals surface area contributed by atoms with Gasteiger partial charge in [0.05, 0.1) is 5.69 Å². The number of carbonyl (C=O) groups is 1. The van der Waals surface area contributed by atoms with E-state index in [1.54, 1.807) is 18.2 Å². The van der Waals surface area contributed by atoms with Crippen molar-refractivity contribution in [3.8, 4) is 5.69 Å². The number of nitrogens with zero attached hydrogens (tertiary/aromatic N) is 4. The first-order valence-corrected chi connectivity index (χ1v) is 7.27. The first-order valence-electron chi connectivity index (χ1n) is 7.27. The molecule has 0 spiro atoms. The molecule has 0 radical (unpaired) electrons. The van der Waals surface area contributed by atoms with Crippen LogP contribution < -0.4 is 5.32 Å². The van der Waals surface area contributed by atoms with Crippen molar-refractivity contribution in [1.29, 1.82) is 0 Å². The van der Waals surface area contributed by atoms with Crippen molar-refractivity contribution in [2.45, 2.75) is 20.8 Å². The van der Waals surface area contributed by atoms with Crippen molar-refractivity contribution in [2.75, 3.05) is 5.32 Å². The van der Waals surface area contributed by atoms with Crippen LogP contribution in [0.1, 0.15) is 27.0 Å². The molecule has 116 valence electrons. The number of carbonyl (C=O) groups excluding carboxylic acids is 1. The molecule has 0 unspecified atom stereocenters. The third-order valence-electron chi connectivity index (χ3n) is 3.64. The van der Waals surface area contributed by atoms with Gasteiger partial charge < -0.3 is 5.32 Å². The maximum absolute atomic E-state index is 12.6. The number of aromatic nitrogens is 4. The van der Waals surface area contributed by atoms with Crippen molar-refractivity contribution in [3.05, 3.63) is 65.0 Å². The van der Waals surface area contributed by atoms with Crippen molar-refractivity contribution in [2.24, 2.45) is 0 Å². The number of nitrogens with one attached hydrogen (secondary N) is 1. The van der Waals surface area contributed by atoms with E-state index in [9.17, 15) is 4.79 Å². The van der Waals surface area contributed by atoms with Gasteiger partial charge in [-0.1, -0.05) is 23.8 Å². The fraction of sp³-hybridized carbons (Fsp3) is 0.176. The van der Waals surface area contributed by atoms with E-state index >= 15 is 0 Å². The Kier molecular flexibility index (Phi) is 3.89. The number of amides is 1. The van der Waals surface area contributed by atoms with Crippen LogP contribution >= 0.6 is 0 Å². The second-order valence-corrected chi connectivity index (χ2v) is 5.53. The minimum atomic E-state index is -0.157. The summed E-state index contributed by atoms with van der Waals surface area (Å²) in [4.78, 5) is 12.6. The molecule has 1 heterocycles. The molecule has 0 atom stereocenters. The molecule has 6 nitrogen and oxygen atoms in total. The highest BCUT2D eigenvalue weighted by Gasteiger charge is 2.11. The van der Waals surface area contributed by atoms with Gasteiger partial charge in [-0.05, 0) is 60.5 Å². The molecule has 0 saturated heterocycles. The third-order valence-corrected chi connectivity index (χ3v) is 3.64. The summed E-state index contributed by atoms with van der Waals surface area (Å²) in [6, 6.07) is 11.3. The van der Waals surface area contributed by atoms with E-state index < -0.39 is 0 Å². The van der Waals surface area contributed by atoms with Crippen molar-refractivity contribution >= 4 is 11.6 Å². The summed E-state index contributed by atoms with van der Waals surface area (Å²) in [6.45, 7) is 6.03. The average Bonchev–Trinajstić information content (AvgIpc) is 3.05. The van der Waals surface area contributed by atoms with Crippen molar-refractivity contribution in [1.82, 2.24) is 20.2 Å². The molecular weight excluding hydrogens is 290 g/mol. The summed E-state index contributed by atoms with van der Waals surface area (Å²) < 4.78 is 1.51. The standard InChI is InChI=1S/C17H17N5O/c1-11-7-12(2)16(13(3)8-11)19-17(23)14-5-4-6-15(9-14)22-10-18-20-21-22/h4-10H,1-3H3,(H,19,23). The van der Waals surface area contributed by atoms with Crippen LogP contribution in [0.5, 0.6) is 0 Å². The van der Waals surface area contributed by atoms with E-state index in [1.807, 2.05) is 26.8 Å². The van der Waals surface area contributed by atoms with Crippen LogP contribution in [0.4, 0.5) is 5.69 Å². The van der Waals surface area contributed by atoms with E-state index in [1.165, 1.54) is 16.6 Å². The average molecular weight is 307 g/mol. The number of anilines is 1. The molecule has 0 aliphatic heterocycles. The zero-order valence-corrected chi connectivity index (χ0v) is 13.2. The molecule has 6 heteroatoms. The summed E-state index contributed by atoms with van der Waals surface area (Å²) in [5, 5.41) is 14.0. The molecule has 1 aromatic heterocycles. The first-order chi connectivity index (χ1) is 11.0. The molecule has 23 heavy (non-hydrogen) atoms. The van der Waals surface area contributed by atoms with E-state index in [4.69, 9.17) is 0 Å². The SMILES string of the molecule is Cc1cc(C)c(NC(=O)c2cccc(-n3cnnn3)c2)c(C)c1. The number of rotatable bonds is 3. The second-order valence-electron chi connectivity index (χ2n) is 5.53. The largest absolute Gasteiger partial charge is 0.322 e. The first kappa shape index (κ1) is 14.9. The highest BCUT2D eigenvalue weighted by Crippen LogP contribution is 2.23. The Bertz CT molecular complexity index is 832. The van der Waals surface area contributed by atoms with E-state index in [2.05, 4.69) is 33.0 Å². The van der Waals surface area contributed by atoms with Crippen LogP contribution in [-0.4, -0.2) is 26.1 Å². The van der Waals surface area contributed by atoms with Gasteiger partial charge in [0.25, 0.3) is 5.91 Å². The van der Waals surface area contributed by atoms with E-state index in [0.29, 0.717) is 5.56 Å². The van der Waals surface area contributed by atoms with Gasteiger partial charge in [-0.25, -0.2) is 4.68 Å². The zero-order chi connectivity index (χ0) is 16.4. The summed E-state index contributed by atoms with van der Waals surface area (Å²) in [7, 11) is 0. The fourth-order valence-corrected chi connectivity index (χ4v) is 2.63. The number of benzene rings is 2. The maximum atomic E-state index is 12.6. The second kappa shape index (κ2) is 6.00. The molecule has 0 bridgehead atoms. The summed E-state index contributed by atoms with van der Waals surface area (Å²) in [5.74, 6) is -0.157. The van der Waals surface area contributed by atoms with E-state index in [0.717, 1.165) is 22.5 Å². The number of aryl methyl sites for hydroxylation is 3. The smallest absolute Gasteiger partial charge is 0.255 e. The van der Waals surface area contributed by atoms with Crippen LogP contribution in [0.15, 0.2) is 42.7 Å². The molecule has 3 rings (SSSR count). The number of hydrogen-bond acceptors (Lipinski definition) is 4. The molecule has 3 aromatic rings. The quantitative estimate of drug-likeness (QED) is 0.807.